The minimum Gasteiger partial charge on any atom is -0.292 e. The van der Waals surface area contributed by atoms with Gasteiger partial charge in [-0.15, -0.1) is 0 Å². The summed E-state index contributed by atoms with van der Waals surface area (Å²) in [5.41, 5.74) is 2.60. The first-order valence-electron chi connectivity index (χ1n) is 5.26. The molecule has 0 heterocycles. The molecule has 80 valence electrons. The molecule has 0 aliphatic heterocycles. The number of hydrogen-bond donors (Lipinski definition) is 0. The van der Waals surface area contributed by atoms with Crippen molar-refractivity contribution in [2.45, 2.75) is 6.92 Å². The normalized spacial score (nSPS) is 12.6. The molecule has 0 bridgehead atoms. The Hall–Kier alpha value is -1.34. The summed E-state index contributed by atoms with van der Waals surface area (Å²) in [6.07, 6.45) is 4.05. The average molecular weight is 202 g/mol. The summed E-state index contributed by atoms with van der Waals surface area (Å²) >= 11 is 0. The van der Waals surface area contributed by atoms with Gasteiger partial charge in [0.1, 0.15) is 12.2 Å². The molecule has 1 heteroatoms. The monoisotopic (exact) mass is 202 g/mol. The van der Waals surface area contributed by atoms with Crippen molar-refractivity contribution in [1.82, 2.24) is 4.48 Å². The van der Waals surface area contributed by atoms with Crippen molar-refractivity contribution in [3.63, 3.8) is 0 Å². The molecule has 0 aromatic heterocycles. The van der Waals surface area contributed by atoms with Crippen molar-refractivity contribution in [2.24, 2.45) is 0 Å². The fourth-order valence-corrected chi connectivity index (χ4v) is 1.65. The number of hydrogen-bond acceptors (Lipinski definition) is 0. The zero-order valence-corrected chi connectivity index (χ0v) is 9.90. The van der Waals surface area contributed by atoms with Gasteiger partial charge in [0.25, 0.3) is 0 Å². The third kappa shape index (κ3) is 3.07. The van der Waals surface area contributed by atoms with Gasteiger partial charge in [0.15, 0.2) is 0 Å². The first kappa shape index (κ1) is 11.7. The molecule has 15 heavy (non-hydrogen) atoms. The van der Waals surface area contributed by atoms with Crippen LogP contribution >= 0.6 is 0 Å². The number of allylic oxidation sites excluding steroid dienone is 1. The summed E-state index contributed by atoms with van der Waals surface area (Å²) in [6, 6.07) is 10.5. The lowest BCUT2D eigenvalue weighted by Crippen LogP contribution is -2.41. The Labute approximate surface area is 92.9 Å². The van der Waals surface area contributed by atoms with Crippen LogP contribution in [0.2, 0.25) is 0 Å². The lowest BCUT2D eigenvalue weighted by atomic mass is 10.2. The molecule has 0 saturated heterocycles. The number of rotatable bonds is 4. The van der Waals surface area contributed by atoms with Crippen molar-refractivity contribution in [3.05, 3.63) is 54.6 Å². The highest BCUT2D eigenvalue weighted by Crippen LogP contribution is 2.19. The van der Waals surface area contributed by atoms with Crippen LogP contribution in [0.1, 0.15) is 6.92 Å². The first-order chi connectivity index (χ1) is 7.10. The molecular formula is C14H20N+. The Balaban J connectivity index is 2.89. The van der Waals surface area contributed by atoms with Crippen molar-refractivity contribution in [3.8, 4) is 0 Å². The Kier molecular flexibility index (Phi) is 3.87. The second-order valence-electron chi connectivity index (χ2n) is 4.25. The fourth-order valence-electron chi connectivity index (χ4n) is 1.65. The van der Waals surface area contributed by atoms with Crippen molar-refractivity contribution >= 4 is 5.69 Å². The predicted molar refractivity (Wildman–Crippen MR) is 68.9 cm³/mol. The van der Waals surface area contributed by atoms with E-state index >= 15 is 0 Å². The number of nitrogens with zero attached hydrogens (tertiary/aromatic N) is 1. The van der Waals surface area contributed by atoms with Crippen molar-refractivity contribution < 1.29 is 0 Å². The minimum absolute atomic E-state index is 0.854. The number of benzene rings is 1. The highest BCUT2D eigenvalue weighted by molar-refractivity contribution is 5.43. The van der Waals surface area contributed by atoms with E-state index in [1.165, 1.54) is 11.3 Å². The molecule has 0 atom stereocenters. The molecule has 0 amide bonds. The number of para-hydroxylation sites is 1. The van der Waals surface area contributed by atoms with Gasteiger partial charge in [-0.2, -0.15) is 0 Å². The summed E-state index contributed by atoms with van der Waals surface area (Å²) in [5, 5.41) is 0. The van der Waals surface area contributed by atoms with E-state index in [1.807, 2.05) is 12.1 Å². The van der Waals surface area contributed by atoms with Gasteiger partial charge in [-0.3, -0.25) is 4.48 Å². The summed E-state index contributed by atoms with van der Waals surface area (Å²) < 4.78 is 0.854. The Morgan fingerprint density at radius 2 is 1.87 bits per heavy atom. The second-order valence-corrected chi connectivity index (χ2v) is 4.25. The van der Waals surface area contributed by atoms with Crippen LogP contribution in [0.4, 0.5) is 5.69 Å². The maximum atomic E-state index is 3.83. The van der Waals surface area contributed by atoms with E-state index in [1.54, 1.807) is 0 Å². The SMILES string of the molecule is C=C/C(=C\C)C[N+](C)(C)c1ccccc1. The van der Waals surface area contributed by atoms with E-state index in [0.717, 1.165) is 11.0 Å². The van der Waals surface area contributed by atoms with Gasteiger partial charge in [-0.1, -0.05) is 36.9 Å². The van der Waals surface area contributed by atoms with Gasteiger partial charge in [-0.25, -0.2) is 0 Å². The molecule has 1 nitrogen and oxygen atoms in total. The average Bonchev–Trinajstić information content (AvgIpc) is 2.27. The van der Waals surface area contributed by atoms with Crippen LogP contribution in [0.3, 0.4) is 0 Å². The molecule has 0 unspecified atom stereocenters. The maximum Gasteiger partial charge on any atom is 0.132 e. The van der Waals surface area contributed by atoms with Gasteiger partial charge >= 0.3 is 0 Å². The van der Waals surface area contributed by atoms with E-state index in [4.69, 9.17) is 0 Å². The van der Waals surface area contributed by atoms with Crippen LogP contribution in [-0.4, -0.2) is 20.6 Å². The predicted octanol–water partition coefficient (Wildman–Crippen LogP) is 3.39. The molecule has 0 aliphatic carbocycles. The van der Waals surface area contributed by atoms with Gasteiger partial charge in [0.05, 0.1) is 14.1 Å². The summed E-state index contributed by atoms with van der Waals surface area (Å²) in [7, 11) is 4.42. The zero-order valence-electron chi connectivity index (χ0n) is 9.90. The number of quaternary nitrogens is 1. The molecule has 0 N–H and O–H groups in total. The van der Waals surface area contributed by atoms with Crippen LogP contribution in [-0.2, 0) is 0 Å². The van der Waals surface area contributed by atoms with E-state index in [-0.39, 0.29) is 0 Å². The van der Waals surface area contributed by atoms with Gasteiger partial charge in [0.2, 0.25) is 0 Å². The highest BCUT2D eigenvalue weighted by atomic mass is 15.3. The Morgan fingerprint density at radius 1 is 1.27 bits per heavy atom. The number of likely N-dealkylation sites (N-methyl/N-ethyl adjacent to an activating group) is 1. The second kappa shape index (κ2) is 4.94. The molecular weight excluding hydrogens is 182 g/mol. The Bertz CT molecular complexity index is 347. The third-order valence-corrected chi connectivity index (χ3v) is 2.67. The Morgan fingerprint density at radius 3 is 2.33 bits per heavy atom. The van der Waals surface area contributed by atoms with E-state index in [0.29, 0.717) is 0 Å². The third-order valence-electron chi connectivity index (χ3n) is 2.67. The lowest BCUT2D eigenvalue weighted by Gasteiger charge is -2.29. The molecule has 1 rings (SSSR count). The van der Waals surface area contributed by atoms with Crippen LogP contribution < -0.4 is 4.48 Å². The van der Waals surface area contributed by atoms with Gasteiger partial charge in [-0.05, 0) is 19.1 Å². The van der Waals surface area contributed by atoms with Crippen LogP contribution in [0.5, 0.6) is 0 Å². The fraction of sp³-hybridized carbons (Fsp3) is 0.286. The van der Waals surface area contributed by atoms with Crippen LogP contribution in [0, 0.1) is 0 Å². The molecule has 0 fully saturated rings. The maximum absolute atomic E-state index is 3.83. The summed E-state index contributed by atoms with van der Waals surface area (Å²) in [4.78, 5) is 0. The standard InChI is InChI=1S/C14H20N/c1-5-13(6-2)12-15(3,4)14-10-8-7-9-11-14/h5-11H,1,12H2,2-4H3/q+1/b13-6+. The largest absolute Gasteiger partial charge is 0.292 e. The quantitative estimate of drug-likeness (QED) is 0.518. The smallest absolute Gasteiger partial charge is 0.132 e. The lowest BCUT2D eigenvalue weighted by molar-refractivity contribution is 0.434. The van der Waals surface area contributed by atoms with Crippen molar-refractivity contribution in [1.29, 1.82) is 0 Å². The molecule has 0 radical (unpaired) electrons. The highest BCUT2D eigenvalue weighted by Gasteiger charge is 2.18. The van der Waals surface area contributed by atoms with Gasteiger partial charge in [0, 0.05) is 5.57 Å². The molecule has 0 spiro atoms. The zero-order chi connectivity index (χ0) is 11.3. The van der Waals surface area contributed by atoms with Crippen molar-refractivity contribution in [2.75, 3.05) is 20.6 Å². The topological polar surface area (TPSA) is 0 Å². The van der Waals surface area contributed by atoms with Crippen LogP contribution in [0.25, 0.3) is 0 Å². The van der Waals surface area contributed by atoms with E-state index in [2.05, 4.69) is 57.9 Å². The minimum atomic E-state index is 0.854. The molecule has 1 aromatic rings. The summed E-state index contributed by atoms with van der Waals surface area (Å²) in [5.74, 6) is 0. The van der Waals surface area contributed by atoms with Crippen LogP contribution in [0.15, 0.2) is 54.6 Å². The molecule has 0 aliphatic rings. The van der Waals surface area contributed by atoms with Gasteiger partial charge < -0.3 is 0 Å². The molecule has 1 aromatic carbocycles. The van der Waals surface area contributed by atoms with E-state index in [9.17, 15) is 0 Å². The van der Waals surface area contributed by atoms with E-state index < -0.39 is 0 Å². The molecule has 0 saturated carbocycles. The summed E-state index contributed by atoms with van der Waals surface area (Å²) in [6.45, 7) is 6.87. The first-order valence-corrected chi connectivity index (χ1v) is 5.26.